The summed E-state index contributed by atoms with van der Waals surface area (Å²) in [4.78, 5) is 2.38. The van der Waals surface area contributed by atoms with Gasteiger partial charge in [0.25, 0.3) is 0 Å². The van der Waals surface area contributed by atoms with E-state index in [1.807, 2.05) is 18.2 Å². The van der Waals surface area contributed by atoms with Crippen LogP contribution in [0.5, 0.6) is 0 Å². The number of rotatable bonds is 4. The molecule has 19 heavy (non-hydrogen) atoms. The number of nitrogens with one attached hydrogen (secondary N) is 1. The standard InChI is InChI=1S/C15H23N3O/c1-11-7-8-18(10-14(11)19-2)9-12-5-3-4-6-13(12)15(16)17/h3-6,11,14H,7-10H2,1-2H3,(H3,16,17). The first-order chi connectivity index (χ1) is 9.11. The highest BCUT2D eigenvalue weighted by Crippen LogP contribution is 2.21. The third-order valence-electron chi connectivity index (χ3n) is 3.98. The lowest BCUT2D eigenvalue weighted by molar-refractivity contribution is -0.00746. The molecule has 1 aliphatic rings. The van der Waals surface area contributed by atoms with Crippen LogP contribution in [0.15, 0.2) is 24.3 Å². The van der Waals surface area contributed by atoms with E-state index >= 15 is 0 Å². The van der Waals surface area contributed by atoms with Crippen LogP contribution >= 0.6 is 0 Å². The van der Waals surface area contributed by atoms with Crippen LogP contribution in [0.2, 0.25) is 0 Å². The Labute approximate surface area is 115 Å². The van der Waals surface area contributed by atoms with Crippen molar-refractivity contribution in [2.24, 2.45) is 11.7 Å². The zero-order chi connectivity index (χ0) is 13.8. The zero-order valence-corrected chi connectivity index (χ0v) is 11.7. The van der Waals surface area contributed by atoms with Gasteiger partial charge in [0.15, 0.2) is 0 Å². The fourth-order valence-electron chi connectivity index (χ4n) is 2.71. The maximum Gasteiger partial charge on any atom is 0.123 e. The lowest BCUT2D eigenvalue weighted by Crippen LogP contribution is -2.43. The second-order valence-electron chi connectivity index (χ2n) is 5.35. The van der Waals surface area contributed by atoms with Gasteiger partial charge in [0.2, 0.25) is 0 Å². The molecule has 0 radical (unpaired) electrons. The number of hydrogen-bond donors (Lipinski definition) is 2. The molecule has 0 saturated carbocycles. The first kappa shape index (κ1) is 14.0. The minimum absolute atomic E-state index is 0.143. The van der Waals surface area contributed by atoms with Crippen LogP contribution in [-0.2, 0) is 11.3 Å². The Kier molecular flexibility index (Phi) is 4.56. The summed E-state index contributed by atoms with van der Waals surface area (Å²) >= 11 is 0. The van der Waals surface area contributed by atoms with Gasteiger partial charge in [-0.25, -0.2) is 0 Å². The van der Waals surface area contributed by atoms with Crippen molar-refractivity contribution in [3.8, 4) is 0 Å². The molecule has 1 aromatic rings. The molecular formula is C15H23N3O. The summed E-state index contributed by atoms with van der Waals surface area (Å²) < 4.78 is 5.54. The highest BCUT2D eigenvalue weighted by molar-refractivity contribution is 5.96. The van der Waals surface area contributed by atoms with Crippen molar-refractivity contribution >= 4 is 5.84 Å². The van der Waals surface area contributed by atoms with E-state index in [-0.39, 0.29) is 5.84 Å². The van der Waals surface area contributed by atoms with E-state index in [0.29, 0.717) is 12.0 Å². The molecule has 2 rings (SSSR count). The van der Waals surface area contributed by atoms with E-state index in [0.717, 1.165) is 37.2 Å². The van der Waals surface area contributed by atoms with Crippen LogP contribution in [-0.4, -0.2) is 37.0 Å². The van der Waals surface area contributed by atoms with Crippen LogP contribution in [0.1, 0.15) is 24.5 Å². The molecule has 0 aliphatic carbocycles. The number of nitrogens with zero attached hydrogens (tertiary/aromatic N) is 1. The number of amidine groups is 1. The largest absolute Gasteiger partial charge is 0.384 e. The van der Waals surface area contributed by atoms with Gasteiger partial charge in [0, 0.05) is 25.8 Å². The Balaban J connectivity index is 2.07. The number of hydrogen-bond acceptors (Lipinski definition) is 3. The Morgan fingerprint density at radius 3 is 2.89 bits per heavy atom. The van der Waals surface area contributed by atoms with E-state index in [9.17, 15) is 0 Å². The maximum atomic E-state index is 7.64. The van der Waals surface area contributed by atoms with Gasteiger partial charge >= 0.3 is 0 Å². The number of likely N-dealkylation sites (tertiary alicyclic amines) is 1. The zero-order valence-electron chi connectivity index (χ0n) is 11.7. The van der Waals surface area contributed by atoms with Gasteiger partial charge < -0.3 is 10.5 Å². The van der Waals surface area contributed by atoms with Crippen molar-refractivity contribution in [1.29, 1.82) is 5.41 Å². The molecule has 3 N–H and O–H groups in total. The molecule has 104 valence electrons. The number of ether oxygens (including phenoxy) is 1. The fourth-order valence-corrected chi connectivity index (χ4v) is 2.71. The minimum Gasteiger partial charge on any atom is -0.384 e. The van der Waals surface area contributed by atoms with Crippen molar-refractivity contribution in [2.45, 2.75) is 26.0 Å². The number of nitrogens with two attached hydrogens (primary N) is 1. The summed E-state index contributed by atoms with van der Waals surface area (Å²) in [6.45, 7) is 5.11. The molecule has 2 atom stereocenters. The third-order valence-corrected chi connectivity index (χ3v) is 3.98. The lowest BCUT2D eigenvalue weighted by atomic mass is 9.95. The van der Waals surface area contributed by atoms with Gasteiger partial charge in [-0.1, -0.05) is 31.2 Å². The van der Waals surface area contributed by atoms with E-state index in [2.05, 4.69) is 17.9 Å². The second-order valence-corrected chi connectivity index (χ2v) is 5.35. The van der Waals surface area contributed by atoms with Crippen molar-refractivity contribution < 1.29 is 4.74 Å². The average molecular weight is 261 g/mol. The number of methoxy groups -OCH3 is 1. The summed E-state index contributed by atoms with van der Waals surface area (Å²) in [7, 11) is 1.79. The first-order valence-corrected chi connectivity index (χ1v) is 6.79. The molecule has 0 bridgehead atoms. The van der Waals surface area contributed by atoms with Crippen LogP contribution in [0, 0.1) is 11.3 Å². The minimum atomic E-state index is 0.143. The molecule has 0 amide bonds. The summed E-state index contributed by atoms with van der Waals surface area (Å²) in [5.41, 5.74) is 7.60. The smallest absolute Gasteiger partial charge is 0.123 e. The van der Waals surface area contributed by atoms with Crippen LogP contribution in [0.25, 0.3) is 0 Å². The van der Waals surface area contributed by atoms with Crippen LogP contribution < -0.4 is 5.73 Å². The van der Waals surface area contributed by atoms with Crippen molar-refractivity contribution in [2.75, 3.05) is 20.2 Å². The Bertz CT molecular complexity index is 447. The SMILES string of the molecule is COC1CN(Cc2ccccc2C(=N)N)CCC1C. The third kappa shape index (κ3) is 3.33. The summed E-state index contributed by atoms with van der Waals surface area (Å²) in [5, 5.41) is 7.64. The molecule has 1 aliphatic heterocycles. The highest BCUT2D eigenvalue weighted by Gasteiger charge is 2.26. The molecule has 2 unspecified atom stereocenters. The Morgan fingerprint density at radius 2 is 2.21 bits per heavy atom. The van der Waals surface area contributed by atoms with Gasteiger partial charge in [-0.05, 0) is 24.4 Å². The lowest BCUT2D eigenvalue weighted by Gasteiger charge is -2.36. The quantitative estimate of drug-likeness (QED) is 0.642. The van der Waals surface area contributed by atoms with Gasteiger partial charge in [0.05, 0.1) is 6.10 Å². The molecule has 1 heterocycles. The van der Waals surface area contributed by atoms with E-state index in [1.165, 1.54) is 0 Å². The molecule has 4 heteroatoms. The summed E-state index contributed by atoms with van der Waals surface area (Å²) in [5.74, 6) is 0.758. The molecule has 4 nitrogen and oxygen atoms in total. The molecule has 1 fully saturated rings. The van der Waals surface area contributed by atoms with Crippen molar-refractivity contribution in [1.82, 2.24) is 4.90 Å². The topological polar surface area (TPSA) is 62.3 Å². The molecule has 1 saturated heterocycles. The van der Waals surface area contributed by atoms with Gasteiger partial charge in [0.1, 0.15) is 5.84 Å². The Morgan fingerprint density at radius 1 is 1.47 bits per heavy atom. The van der Waals surface area contributed by atoms with Gasteiger partial charge in [-0.15, -0.1) is 0 Å². The second kappa shape index (κ2) is 6.17. The highest BCUT2D eigenvalue weighted by atomic mass is 16.5. The number of benzene rings is 1. The van der Waals surface area contributed by atoms with Crippen LogP contribution in [0.4, 0.5) is 0 Å². The van der Waals surface area contributed by atoms with Crippen molar-refractivity contribution in [3.63, 3.8) is 0 Å². The average Bonchev–Trinajstić information content (AvgIpc) is 2.41. The van der Waals surface area contributed by atoms with Gasteiger partial charge in [-0.3, -0.25) is 10.3 Å². The van der Waals surface area contributed by atoms with E-state index < -0.39 is 0 Å². The number of piperidine rings is 1. The molecular weight excluding hydrogens is 238 g/mol. The first-order valence-electron chi connectivity index (χ1n) is 6.79. The van der Waals surface area contributed by atoms with Gasteiger partial charge in [-0.2, -0.15) is 0 Å². The van der Waals surface area contributed by atoms with Crippen LogP contribution in [0.3, 0.4) is 0 Å². The van der Waals surface area contributed by atoms with Crippen molar-refractivity contribution in [3.05, 3.63) is 35.4 Å². The van der Waals surface area contributed by atoms with E-state index in [4.69, 9.17) is 15.9 Å². The summed E-state index contributed by atoms with van der Waals surface area (Å²) in [6.07, 6.45) is 1.46. The predicted molar refractivity (Wildman–Crippen MR) is 77.3 cm³/mol. The maximum absolute atomic E-state index is 7.64. The predicted octanol–water partition coefficient (Wildman–Crippen LogP) is 1.83. The normalized spacial score (nSPS) is 24.3. The molecule has 1 aromatic carbocycles. The monoisotopic (exact) mass is 261 g/mol. The Hall–Kier alpha value is -1.39. The molecule has 0 spiro atoms. The van der Waals surface area contributed by atoms with E-state index in [1.54, 1.807) is 7.11 Å². The fraction of sp³-hybridized carbons (Fsp3) is 0.533. The number of nitrogen functional groups attached to an aromatic ring is 1. The summed E-state index contributed by atoms with van der Waals surface area (Å²) in [6, 6.07) is 7.90. The molecule has 0 aromatic heterocycles.